The van der Waals surface area contributed by atoms with Crippen LogP contribution in [0, 0.1) is 16.0 Å². The fourth-order valence-electron chi connectivity index (χ4n) is 2.20. The van der Waals surface area contributed by atoms with Crippen LogP contribution in [-0.2, 0) is 4.79 Å². The zero-order chi connectivity index (χ0) is 15.7. The van der Waals surface area contributed by atoms with Crippen LogP contribution in [0.5, 0.6) is 0 Å². The quantitative estimate of drug-likeness (QED) is 0.369. The predicted molar refractivity (Wildman–Crippen MR) is 73.3 cm³/mol. The normalized spacial score (nSPS) is 12.6. The summed E-state index contributed by atoms with van der Waals surface area (Å²) >= 11 is 0. The van der Waals surface area contributed by atoms with Crippen molar-refractivity contribution in [2.75, 3.05) is 0 Å². The minimum absolute atomic E-state index is 0.168. The number of aromatic nitrogens is 1. The van der Waals surface area contributed by atoms with E-state index < -0.39 is 22.6 Å². The Morgan fingerprint density at radius 2 is 2.14 bits per heavy atom. The van der Waals surface area contributed by atoms with Crippen molar-refractivity contribution in [3.8, 4) is 0 Å². The van der Waals surface area contributed by atoms with E-state index in [1.807, 2.05) is 5.43 Å². The number of oxazole rings is 1. The van der Waals surface area contributed by atoms with Crippen LogP contribution < -0.4 is 17.0 Å². The maximum Gasteiger partial charge on any atom is 0.420 e. The number of non-ortho nitro benzene ring substituents is 1. The molecule has 1 aromatic carbocycles. The van der Waals surface area contributed by atoms with Gasteiger partial charge < -0.3 is 4.42 Å². The van der Waals surface area contributed by atoms with E-state index >= 15 is 0 Å². The molecule has 2 aromatic rings. The molecule has 0 saturated carbocycles. The number of carbonyl (C=O) groups excluding carboxylic acids is 1. The zero-order valence-corrected chi connectivity index (χ0v) is 11.4. The monoisotopic (exact) mass is 294 g/mol. The first-order valence-corrected chi connectivity index (χ1v) is 6.16. The van der Waals surface area contributed by atoms with Crippen molar-refractivity contribution in [2.24, 2.45) is 11.8 Å². The Labute approximate surface area is 118 Å². The molecule has 3 N–H and O–H groups in total. The lowest BCUT2D eigenvalue weighted by Crippen LogP contribution is -2.41. The Balaban J connectivity index is 2.74. The highest BCUT2D eigenvalue weighted by Gasteiger charge is 2.28. The van der Waals surface area contributed by atoms with Gasteiger partial charge in [-0.1, -0.05) is 13.8 Å². The van der Waals surface area contributed by atoms with E-state index in [2.05, 4.69) is 0 Å². The smallest absolute Gasteiger partial charge is 0.408 e. The van der Waals surface area contributed by atoms with Gasteiger partial charge in [0.1, 0.15) is 6.04 Å². The van der Waals surface area contributed by atoms with Crippen molar-refractivity contribution < 1.29 is 14.1 Å². The molecule has 1 amide bonds. The molecule has 0 aliphatic carbocycles. The molecule has 0 aliphatic rings. The van der Waals surface area contributed by atoms with E-state index in [-0.39, 0.29) is 22.7 Å². The van der Waals surface area contributed by atoms with E-state index in [0.29, 0.717) is 0 Å². The van der Waals surface area contributed by atoms with Gasteiger partial charge in [0.15, 0.2) is 5.58 Å². The van der Waals surface area contributed by atoms with E-state index in [4.69, 9.17) is 10.3 Å². The third-order valence-electron chi connectivity index (χ3n) is 3.13. The van der Waals surface area contributed by atoms with E-state index in [0.717, 1.165) is 4.57 Å². The molecule has 1 atom stereocenters. The number of nitrogens with one attached hydrogen (secondary N) is 1. The summed E-state index contributed by atoms with van der Waals surface area (Å²) in [6.45, 7) is 3.45. The summed E-state index contributed by atoms with van der Waals surface area (Å²) in [5.41, 5.74) is 2.13. The summed E-state index contributed by atoms with van der Waals surface area (Å²) in [5, 5.41) is 10.8. The second-order valence-corrected chi connectivity index (χ2v) is 4.84. The summed E-state index contributed by atoms with van der Waals surface area (Å²) < 4.78 is 6.10. The number of benzene rings is 1. The van der Waals surface area contributed by atoms with Gasteiger partial charge in [-0.2, -0.15) is 0 Å². The highest BCUT2D eigenvalue weighted by molar-refractivity contribution is 5.83. The average molecular weight is 294 g/mol. The number of rotatable bonds is 4. The first-order chi connectivity index (χ1) is 9.86. The molecule has 0 aliphatic heterocycles. The predicted octanol–water partition coefficient (Wildman–Crippen LogP) is 0.690. The first kappa shape index (κ1) is 14.7. The van der Waals surface area contributed by atoms with Crippen molar-refractivity contribution in [1.82, 2.24) is 9.99 Å². The SMILES string of the molecule is CC(C)C(C(=O)NN)n1c(=O)oc2ccc([N+](=O)[O-])cc21. The third kappa shape index (κ3) is 2.50. The maximum absolute atomic E-state index is 12.0. The number of nitro groups is 1. The molecule has 0 radical (unpaired) electrons. The van der Waals surface area contributed by atoms with Crippen LogP contribution in [0.2, 0.25) is 0 Å². The number of nitro benzene ring substituents is 1. The lowest BCUT2D eigenvalue weighted by atomic mass is 10.0. The van der Waals surface area contributed by atoms with E-state index in [1.54, 1.807) is 13.8 Å². The number of amides is 1. The lowest BCUT2D eigenvalue weighted by molar-refractivity contribution is -0.384. The van der Waals surface area contributed by atoms with Gasteiger partial charge >= 0.3 is 5.76 Å². The van der Waals surface area contributed by atoms with Crippen LogP contribution in [-0.4, -0.2) is 15.4 Å². The number of hydrazine groups is 1. The molecule has 0 saturated heterocycles. The minimum atomic E-state index is -0.925. The van der Waals surface area contributed by atoms with E-state index in [9.17, 15) is 19.7 Å². The highest BCUT2D eigenvalue weighted by atomic mass is 16.6. The molecule has 21 heavy (non-hydrogen) atoms. The molecule has 1 aromatic heterocycles. The highest BCUT2D eigenvalue weighted by Crippen LogP contribution is 2.25. The fourth-order valence-corrected chi connectivity index (χ4v) is 2.20. The van der Waals surface area contributed by atoms with Crippen LogP contribution in [0.1, 0.15) is 19.9 Å². The van der Waals surface area contributed by atoms with Crippen molar-refractivity contribution in [3.05, 3.63) is 38.9 Å². The zero-order valence-electron chi connectivity index (χ0n) is 11.4. The van der Waals surface area contributed by atoms with Crippen LogP contribution in [0.3, 0.4) is 0 Å². The van der Waals surface area contributed by atoms with Gasteiger partial charge in [-0.05, 0) is 12.0 Å². The molecule has 112 valence electrons. The van der Waals surface area contributed by atoms with Crippen LogP contribution in [0.15, 0.2) is 27.4 Å². The summed E-state index contributed by atoms with van der Waals surface area (Å²) in [6.07, 6.45) is 0. The van der Waals surface area contributed by atoms with Gasteiger partial charge in [-0.25, -0.2) is 10.6 Å². The van der Waals surface area contributed by atoms with Gasteiger partial charge in [0.05, 0.1) is 10.4 Å². The Kier molecular flexibility index (Phi) is 3.76. The van der Waals surface area contributed by atoms with Crippen LogP contribution >= 0.6 is 0 Å². The number of nitrogens with zero attached hydrogens (tertiary/aromatic N) is 2. The van der Waals surface area contributed by atoms with Gasteiger partial charge in [0.2, 0.25) is 0 Å². The summed E-state index contributed by atoms with van der Waals surface area (Å²) in [4.78, 5) is 34.1. The topological polar surface area (TPSA) is 133 Å². The standard InChI is InChI=1S/C12H14N4O5/c1-6(2)10(11(17)14-13)15-8-5-7(16(19)20)3-4-9(8)21-12(15)18/h3-6,10H,13H2,1-2H3,(H,14,17). The van der Waals surface area contributed by atoms with Gasteiger partial charge in [0.25, 0.3) is 11.6 Å². The largest absolute Gasteiger partial charge is 0.420 e. The summed E-state index contributed by atoms with van der Waals surface area (Å²) in [7, 11) is 0. The Morgan fingerprint density at radius 3 is 2.67 bits per heavy atom. The Hall–Kier alpha value is -2.68. The molecule has 0 fully saturated rings. The van der Waals surface area contributed by atoms with Crippen molar-refractivity contribution in [2.45, 2.75) is 19.9 Å². The summed E-state index contributed by atoms with van der Waals surface area (Å²) in [5.74, 6) is 3.51. The van der Waals surface area contributed by atoms with Crippen molar-refractivity contribution in [3.63, 3.8) is 0 Å². The minimum Gasteiger partial charge on any atom is -0.408 e. The Morgan fingerprint density at radius 1 is 1.48 bits per heavy atom. The Bertz CT molecular complexity index is 761. The first-order valence-electron chi connectivity index (χ1n) is 6.16. The number of nitrogens with two attached hydrogens (primary N) is 1. The van der Waals surface area contributed by atoms with Gasteiger partial charge in [-0.3, -0.25) is 24.9 Å². The number of hydrogen-bond donors (Lipinski definition) is 2. The number of carbonyl (C=O) groups is 1. The molecular weight excluding hydrogens is 280 g/mol. The fraction of sp³-hybridized carbons (Fsp3) is 0.333. The summed E-state index contributed by atoms with van der Waals surface area (Å²) in [6, 6.07) is 2.82. The second-order valence-electron chi connectivity index (χ2n) is 4.84. The van der Waals surface area contributed by atoms with Gasteiger partial charge in [-0.15, -0.1) is 0 Å². The number of fused-ring (bicyclic) bond motifs is 1. The number of hydrogen-bond acceptors (Lipinski definition) is 6. The molecule has 0 spiro atoms. The van der Waals surface area contributed by atoms with Crippen molar-refractivity contribution >= 4 is 22.7 Å². The van der Waals surface area contributed by atoms with Gasteiger partial charge in [0, 0.05) is 12.1 Å². The van der Waals surface area contributed by atoms with E-state index in [1.165, 1.54) is 18.2 Å². The third-order valence-corrected chi connectivity index (χ3v) is 3.13. The molecular formula is C12H14N4O5. The van der Waals surface area contributed by atoms with Crippen LogP contribution in [0.4, 0.5) is 5.69 Å². The molecule has 9 nitrogen and oxygen atoms in total. The molecule has 9 heteroatoms. The van der Waals surface area contributed by atoms with Crippen LogP contribution in [0.25, 0.3) is 11.1 Å². The van der Waals surface area contributed by atoms with Crippen molar-refractivity contribution in [1.29, 1.82) is 0 Å². The molecule has 1 unspecified atom stereocenters. The maximum atomic E-state index is 12.0. The second kappa shape index (κ2) is 5.37. The average Bonchev–Trinajstić information content (AvgIpc) is 2.74. The molecule has 0 bridgehead atoms. The molecule has 1 heterocycles. The molecule has 2 rings (SSSR count). The lowest BCUT2D eigenvalue weighted by Gasteiger charge is -2.19.